The lowest BCUT2D eigenvalue weighted by Gasteiger charge is -2.42. The molecule has 2 unspecified atom stereocenters. The topological polar surface area (TPSA) is 399 Å². The average molecular weight is 1420 g/mol. The Kier molecular flexibility index (Phi) is 29.1. The minimum Gasteiger partial charge on any atom is -0.481 e. The van der Waals surface area contributed by atoms with Gasteiger partial charge in [0.1, 0.15) is 9.79 Å². The van der Waals surface area contributed by atoms with Gasteiger partial charge in [-0.05, 0) is 109 Å². The van der Waals surface area contributed by atoms with Crippen molar-refractivity contribution in [3.8, 4) is 0 Å². The first-order chi connectivity index (χ1) is 44.4. The normalized spacial score (nSPS) is 17.8. The molecule has 6 rings (SSSR count). The summed E-state index contributed by atoms with van der Waals surface area (Å²) in [5.74, 6) is -1.71. The van der Waals surface area contributed by atoms with Gasteiger partial charge in [0.05, 0.1) is 115 Å². The lowest BCUT2D eigenvalue weighted by atomic mass is 9.68. The molecule has 0 saturated carbocycles. The van der Waals surface area contributed by atoms with Crippen molar-refractivity contribution in [3.05, 3.63) is 108 Å². The highest BCUT2D eigenvalue weighted by Crippen LogP contribution is 2.54. The minimum absolute atomic E-state index is 0.0480. The summed E-state index contributed by atoms with van der Waals surface area (Å²) < 4.78 is 230. The number of carboxylic acid groups (broad SMARTS) is 1. The summed E-state index contributed by atoms with van der Waals surface area (Å²) in [7, 11) is -22.0. The molecule has 0 saturated heterocycles. The standard InChI is InChI=1S/C61H84N2O26S5/c1-60(19-11-39-90(66,67)68)45(44-62(22-24-84-30-32-88-37-38-89-36-34-86-28-26-82-4)52-17-15-48-50(58(52)60)40-46(91(69,70)71)42-54(48)93(75,76)77)12-7-5-8-13-56-61(2,20-23-83-29-31-87-35-33-85-27-25-81-3)59-51-41-47(92(72,73)74)43-55(94(78,79)80)49(51)16-18-53(59)63(56)21-10-6-9-14-57(64)65/h5,7-8,12-13,15-18,40-44H,6,9-11,14,19-39H2,1-4H3,(H,64,65)(H,66,67,68)(H,69,70,71)(H,72,73,74)(H,75,76,77)(H,78,79,80)/b8-5+,12-7+,56-13+. The number of nitrogens with zero attached hydrogens (tertiary/aromatic N) is 2. The summed E-state index contributed by atoms with van der Waals surface area (Å²) in [4.78, 5) is 11.9. The van der Waals surface area contributed by atoms with Gasteiger partial charge in [0.15, 0.2) is 0 Å². The molecule has 0 spiro atoms. The molecule has 0 amide bonds. The van der Waals surface area contributed by atoms with E-state index in [0.29, 0.717) is 112 Å². The van der Waals surface area contributed by atoms with E-state index >= 15 is 0 Å². The van der Waals surface area contributed by atoms with Crippen molar-refractivity contribution in [3.63, 3.8) is 0 Å². The molecule has 6 N–H and O–H groups in total. The molecule has 0 fully saturated rings. The van der Waals surface area contributed by atoms with Crippen LogP contribution >= 0.6 is 0 Å². The van der Waals surface area contributed by atoms with E-state index in [1.807, 2.05) is 11.8 Å². The van der Waals surface area contributed by atoms with E-state index in [0.717, 1.165) is 12.1 Å². The van der Waals surface area contributed by atoms with Crippen LogP contribution in [0, 0.1) is 0 Å². The third-order valence-corrected chi connectivity index (χ3v) is 20.0. The second kappa shape index (κ2) is 35.2. The summed E-state index contributed by atoms with van der Waals surface area (Å²) >= 11 is 0. The van der Waals surface area contributed by atoms with Crippen LogP contribution in [0.2, 0.25) is 0 Å². The molecular weight excluding hydrogens is 1340 g/mol. The number of rotatable bonds is 44. The zero-order valence-corrected chi connectivity index (χ0v) is 56.8. The second-order valence-corrected chi connectivity index (χ2v) is 29.6. The predicted molar refractivity (Wildman–Crippen MR) is 347 cm³/mol. The number of carboxylic acids is 1. The fourth-order valence-corrected chi connectivity index (χ4v) is 14.5. The van der Waals surface area contributed by atoms with Gasteiger partial charge in [0.25, 0.3) is 50.6 Å². The quantitative estimate of drug-likeness (QED) is 0.0150. The van der Waals surface area contributed by atoms with Crippen LogP contribution in [0.15, 0.2) is 116 Å². The van der Waals surface area contributed by atoms with Crippen LogP contribution in [0.25, 0.3) is 21.5 Å². The summed E-state index contributed by atoms with van der Waals surface area (Å²) in [5.41, 5.74) is -0.0974. The lowest BCUT2D eigenvalue weighted by molar-refractivity contribution is -0.137. The van der Waals surface area contributed by atoms with E-state index in [9.17, 15) is 74.8 Å². The van der Waals surface area contributed by atoms with E-state index < -0.39 is 92.7 Å². The van der Waals surface area contributed by atoms with Gasteiger partial charge in [-0.25, -0.2) is 0 Å². The van der Waals surface area contributed by atoms with Gasteiger partial charge in [-0.2, -0.15) is 42.1 Å². The lowest BCUT2D eigenvalue weighted by Crippen LogP contribution is -2.36. The van der Waals surface area contributed by atoms with Crippen LogP contribution in [0.3, 0.4) is 0 Å². The fourth-order valence-electron chi connectivity index (χ4n) is 11.3. The third-order valence-electron chi connectivity index (χ3n) is 15.8. The highest BCUT2D eigenvalue weighted by molar-refractivity contribution is 7.87. The maximum absolute atomic E-state index is 13.0. The Hall–Kier alpha value is -5.38. The van der Waals surface area contributed by atoms with Crippen molar-refractivity contribution in [2.45, 2.75) is 89.2 Å². The number of aliphatic carboxylic acids is 1. The van der Waals surface area contributed by atoms with Crippen LogP contribution in [0.5, 0.6) is 0 Å². The summed E-state index contributed by atoms with van der Waals surface area (Å²) in [6.45, 7) is 8.20. The number of ether oxygens (including phenoxy) is 9. The Morgan fingerprint density at radius 1 is 0.479 bits per heavy atom. The van der Waals surface area contributed by atoms with Crippen molar-refractivity contribution < 1.29 is 117 Å². The number of hydrogen-bond acceptors (Lipinski definition) is 22. The predicted octanol–water partition coefficient (Wildman–Crippen LogP) is 6.83. The SMILES string of the molecule is COCCOCCOCCOCCOCCN1C=C(/C=C/C=C/C=C2/N(CCCCCC(=O)O)c3ccc4c(S(=O)(=O)O)cc(S(=O)(=O)O)cc4c3C2(C)CCOCCOCCOCCOC)C(C)(CCCS(=O)(=O)O)c2c1ccc1c(S(=O)(=O)O)cc(S(=O)(=O)O)cc21. The zero-order chi connectivity index (χ0) is 69.0. The first-order valence-electron chi connectivity index (χ1n) is 30.0. The van der Waals surface area contributed by atoms with Gasteiger partial charge in [-0.3, -0.25) is 27.6 Å². The largest absolute Gasteiger partial charge is 0.481 e. The summed E-state index contributed by atoms with van der Waals surface area (Å²) in [6, 6.07) is 9.37. The number of hydrogen-bond donors (Lipinski definition) is 6. The molecular formula is C61H84N2O26S5. The van der Waals surface area contributed by atoms with Crippen LogP contribution in [0.1, 0.15) is 69.9 Å². The first kappa shape index (κ1) is 77.6. The molecule has 33 heteroatoms. The molecule has 94 heavy (non-hydrogen) atoms. The van der Waals surface area contributed by atoms with Gasteiger partial charge in [0.2, 0.25) is 0 Å². The maximum Gasteiger partial charge on any atom is 0.303 e. The van der Waals surface area contributed by atoms with Gasteiger partial charge >= 0.3 is 5.97 Å². The minimum atomic E-state index is -5.19. The Balaban J connectivity index is 1.45. The van der Waals surface area contributed by atoms with Crippen molar-refractivity contribution in [1.82, 2.24) is 0 Å². The molecule has 524 valence electrons. The molecule has 0 aliphatic carbocycles. The second-order valence-electron chi connectivity index (χ2n) is 22.4. The Morgan fingerprint density at radius 3 is 1.39 bits per heavy atom. The van der Waals surface area contributed by atoms with E-state index in [1.165, 1.54) is 12.1 Å². The zero-order valence-electron chi connectivity index (χ0n) is 52.8. The number of anilines is 2. The molecule has 2 heterocycles. The van der Waals surface area contributed by atoms with Gasteiger partial charge < -0.3 is 57.5 Å². The molecule has 0 bridgehead atoms. The number of carbonyl (C=O) groups is 1. The highest BCUT2D eigenvalue weighted by atomic mass is 32.2. The van der Waals surface area contributed by atoms with Crippen LogP contribution in [-0.2, 0) is 109 Å². The molecule has 2 atom stereocenters. The van der Waals surface area contributed by atoms with Gasteiger partial charge in [-0.1, -0.05) is 49.8 Å². The smallest absolute Gasteiger partial charge is 0.303 e. The van der Waals surface area contributed by atoms with E-state index in [1.54, 1.807) is 74.8 Å². The Morgan fingerprint density at radius 2 is 0.936 bits per heavy atom. The monoisotopic (exact) mass is 1420 g/mol. The van der Waals surface area contributed by atoms with Gasteiger partial charge in [0, 0.05) is 85.2 Å². The number of benzene rings is 4. The number of fused-ring (bicyclic) bond motifs is 6. The van der Waals surface area contributed by atoms with Crippen molar-refractivity contribution in [2.24, 2.45) is 0 Å². The maximum atomic E-state index is 13.0. The molecule has 0 aromatic heterocycles. The Bertz CT molecular complexity index is 3970. The molecule has 2 aliphatic heterocycles. The number of methoxy groups -OCH3 is 2. The number of allylic oxidation sites excluding steroid dienone is 7. The van der Waals surface area contributed by atoms with Crippen LogP contribution in [0.4, 0.5) is 11.4 Å². The van der Waals surface area contributed by atoms with Crippen LogP contribution < -0.4 is 9.80 Å². The van der Waals surface area contributed by atoms with Crippen molar-refractivity contribution in [1.29, 1.82) is 0 Å². The van der Waals surface area contributed by atoms with Crippen molar-refractivity contribution in [2.75, 3.05) is 149 Å². The summed E-state index contributed by atoms with van der Waals surface area (Å²) in [6.07, 6.45) is 11.1. The average Bonchev–Trinajstić information content (AvgIpc) is 1.32. The molecule has 2 aliphatic rings. The molecule has 0 radical (unpaired) electrons. The van der Waals surface area contributed by atoms with Crippen molar-refractivity contribution >= 4 is 89.5 Å². The highest BCUT2D eigenvalue weighted by Gasteiger charge is 2.45. The fraction of sp³-hybridized carbons (Fsp3) is 0.525. The van der Waals surface area contributed by atoms with Crippen LogP contribution in [-0.4, -0.2) is 215 Å². The number of unbranched alkanes of at least 4 members (excludes halogenated alkanes) is 2. The molecule has 28 nitrogen and oxygen atoms in total. The third kappa shape index (κ3) is 21.8. The Labute approximate surface area is 549 Å². The molecule has 4 aromatic rings. The van der Waals surface area contributed by atoms with E-state index in [4.69, 9.17) is 42.6 Å². The first-order valence-corrected chi connectivity index (χ1v) is 37.4. The van der Waals surface area contributed by atoms with E-state index in [-0.39, 0.29) is 119 Å². The molecule has 4 aromatic carbocycles. The van der Waals surface area contributed by atoms with E-state index in [2.05, 4.69) is 0 Å². The van der Waals surface area contributed by atoms with Gasteiger partial charge in [-0.15, -0.1) is 0 Å². The summed E-state index contributed by atoms with van der Waals surface area (Å²) in [5, 5.41) is 9.22.